The lowest BCUT2D eigenvalue weighted by Gasteiger charge is -2.12. The summed E-state index contributed by atoms with van der Waals surface area (Å²) in [7, 11) is 0. The van der Waals surface area contributed by atoms with Crippen molar-refractivity contribution in [2.75, 3.05) is 0 Å². The van der Waals surface area contributed by atoms with Crippen LogP contribution in [0.25, 0.3) is 32.9 Å². The fraction of sp³-hybridized carbons (Fsp3) is 0.0476. The van der Waals surface area contributed by atoms with E-state index in [4.69, 9.17) is 0 Å². The number of rotatable bonds is 2. The maximum atomic E-state index is 12.6. The molecule has 2 amide bonds. The number of amides is 2. The molecule has 1 aliphatic rings. The number of phenolic OH excluding ortho intramolecular Hbond substituents is 1. The number of H-pyrrole nitrogens is 1. The normalized spacial score (nSPS) is 13.7. The Balaban J connectivity index is 1.82. The molecule has 0 bridgehead atoms. The molecule has 9 heteroatoms. The zero-order valence-electron chi connectivity index (χ0n) is 14.9. The van der Waals surface area contributed by atoms with E-state index in [1.54, 1.807) is 12.1 Å². The van der Waals surface area contributed by atoms with Crippen molar-refractivity contribution in [2.45, 2.75) is 6.36 Å². The molecule has 0 unspecified atom stereocenters. The van der Waals surface area contributed by atoms with Crippen molar-refractivity contribution in [2.24, 2.45) is 0 Å². The summed E-state index contributed by atoms with van der Waals surface area (Å²) in [5.41, 5.74) is 1.85. The first-order valence-electron chi connectivity index (χ1n) is 8.74. The molecule has 0 spiro atoms. The molecule has 1 aromatic heterocycles. The SMILES string of the molecule is O=C1NC(=O)c2c1c(-c1cccc(OC(F)(F)F)c1)cc1[nH]c3ccc(O)cc3c21. The predicted molar refractivity (Wildman–Crippen MR) is 101 cm³/mol. The molecule has 3 aromatic carbocycles. The predicted octanol–water partition coefficient (Wildman–Crippen LogP) is 4.48. The average molecular weight is 412 g/mol. The Morgan fingerprint density at radius 3 is 2.43 bits per heavy atom. The standard InChI is InChI=1S/C21H11F3N2O4/c22-21(23,24)30-11-3-1-2-9(6-11)12-8-15-16(18-17(12)19(28)26-20(18)29)13-7-10(27)4-5-14(13)25-15/h1-8,25,27H,(H,26,28,29). The molecule has 150 valence electrons. The largest absolute Gasteiger partial charge is 0.573 e. The van der Waals surface area contributed by atoms with E-state index < -0.39 is 23.9 Å². The van der Waals surface area contributed by atoms with E-state index in [0.29, 0.717) is 21.8 Å². The molecule has 5 rings (SSSR count). The molecule has 0 radical (unpaired) electrons. The number of alkyl halides is 3. The Bertz CT molecular complexity index is 1390. The van der Waals surface area contributed by atoms with Crippen LogP contribution in [0.3, 0.4) is 0 Å². The fourth-order valence-electron chi connectivity index (χ4n) is 3.83. The molecule has 0 saturated carbocycles. The zero-order chi connectivity index (χ0) is 21.2. The van der Waals surface area contributed by atoms with Crippen molar-refractivity contribution in [1.82, 2.24) is 10.3 Å². The van der Waals surface area contributed by atoms with Crippen molar-refractivity contribution in [3.05, 3.63) is 59.7 Å². The Labute approximate surface area is 165 Å². The van der Waals surface area contributed by atoms with Crippen LogP contribution in [-0.4, -0.2) is 28.3 Å². The summed E-state index contributed by atoms with van der Waals surface area (Å²) in [6.07, 6.45) is -4.86. The second-order valence-corrected chi connectivity index (χ2v) is 6.81. The van der Waals surface area contributed by atoms with Crippen molar-refractivity contribution >= 4 is 33.6 Å². The van der Waals surface area contributed by atoms with Gasteiger partial charge in [-0.3, -0.25) is 14.9 Å². The lowest BCUT2D eigenvalue weighted by Crippen LogP contribution is -2.20. The first-order valence-corrected chi connectivity index (χ1v) is 8.74. The Morgan fingerprint density at radius 2 is 1.67 bits per heavy atom. The number of halogens is 3. The number of carbonyl (C=O) groups is 2. The minimum atomic E-state index is -4.86. The van der Waals surface area contributed by atoms with Gasteiger partial charge in [0.1, 0.15) is 11.5 Å². The molecule has 1 aliphatic heterocycles. The van der Waals surface area contributed by atoms with Crippen LogP contribution in [0.2, 0.25) is 0 Å². The number of aromatic amines is 1. The Hall–Kier alpha value is -4.01. The van der Waals surface area contributed by atoms with Gasteiger partial charge in [-0.2, -0.15) is 0 Å². The quantitative estimate of drug-likeness (QED) is 0.424. The van der Waals surface area contributed by atoms with E-state index >= 15 is 0 Å². The van der Waals surface area contributed by atoms with E-state index in [1.807, 2.05) is 0 Å². The molecule has 2 heterocycles. The number of phenols is 1. The molecule has 0 saturated heterocycles. The molecule has 6 nitrogen and oxygen atoms in total. The number of nitrogens with one attached hydrogen (secondary N) is 2. The Morgan fingerprint density at radius 1 is 0.900 bits per heavy atom. The first kappa shape index (κ1) is 18.0. The average Bonchev–Trinajstić information content (AvgIpc) is 3.16. The van der Waals surface area contributed by atoms with Crippen molar-refractivity contribution in [1.29, 1.82) is 0 Å². The van der Waals surface area contributed by atoms with Crippen molar-refractivity contribution in [3.63, 3.8) is 0 Å². The van der Waals surface area contributed by atoms with Gasteiger partial charge in [0.2, 0.25) is 0 Å². The number of fused-ring (bicyclic) bond motifs is 5. The van der Waals surface area contributed by atoms with Gasteiger partial charge in [0.05, 0.1) is 11.1 Å². The lowest BCUT2D eigenvalue weighted by atomic mass is 9.93. The van der Waals surface area contributed by atoms with Crippen LogP contribution >= 0.6 is 0 Å². The van der Waals surface area contributed by atoms with Crippen LogP contribution in [0.4, 0.5) is 13.2 Å². The highest BCUT2D eigenvalue weighted by atomic mass is 19.4. The van der Waals surface area contributed by atoms with Gasteiger partial charge in [-0.25, -0.2) is 0 Å². The summed E-state index contributed by atoms with van der Waals surface area (Å²) in [5, 5.41) is 13.1. The fourth-order valence-corrected chi connectivity index (χ4v) is 3.83. The summed E-state index contributed by atoms with van der Waals surface area (Å²) in [6.45, 7) is 0. The number of imide groups is 1. The third-order valence-electron chi connectivity index (χ3n) is 4.93. The number of aromatic hydroxyl groups is 1. The second kappa shape index (κ2) is 5.99. The summed E-state index contributed by atoms with van der Waals surface area (Å²) >= 11 is 0. The van der Waals surface area contributed by atoms with Crippen LogP contribution in [0, 0.1) is 0 Å². The van der Waals surface area contributed by atoms with E-state index in [-0.39, 0.29) is 28.0 Å². The van der Waals surface area contributed by atoms with Gasteiger partial charge in [0.15, 0.2) is 0 Å². The summed E-state index contributed by atoms with van der Waals surface area (Å²) < 4.78 is 41.8. The molecule has 0 fully saturated rings. The molecule has 3 N–H and O–H groups in total. The number of aromatic nitrogens is 1. The van der Waals surface area contributed by atoms with Gasteiger partial charge in [0.25, 0.3) is 11.8 Å². The summed E-state index contributed by atoms with van der Waals surface area (Å²) in [4.78, 5) is 28.2. The topological polar surface area (TPSA) is 91.4 Å². The smallest absolute Gasteiger partial charge is 0.508 e. The maximum absolute atomic E-state index is 12.6. The number of hydrogen-bond donors (Lipinski definition) is 3. The highest BCUT2D eigenvalue weighted by Gasteiger charge is 2.34. The third-order valence-corrected chi connectivity index (χ3v) is 4.93. The Kier molecular flexibility index (Phi) is 3.60. The maximum Gasteiger partial charge on any atom is 0.573 e. The van der Waals surface area contributed by atoms with Crippen LogP contribution in [-0.2, 0) is 0 Å². The van der Waals surface area contributed by atoms with Gasteiger partial charge >= 0.3 is 6.36 Å². The van der Waals surface area contributed by atoms with Gasteiger partial charge in [0, 0.05) is 21.8 Å². The van der Waals surface area contributed by atoms with Gasteiger partial charge in [-0.15, -0.1) is 13.2 Å². The van der Waals surface area contributed by atoms with Crippen molar-refractivity contribution in [3.8, 4) is 22.6 Å². The van der Waals surface area contributed by atoms with E-state index in [1.165, 1.54) is 24.3 Å². The third kappa shape index (κ3) is 2.74. The van der Waals surface area contributed by atoms with Gasteiger partial charge < -0.3 is 14.8 Å². The molecule has 0 atom stereocenters. The zero-order valence-corrected chi connectivity index (χ0v) is 14.9. The van der Waals surface area contributed by atoms with Gasteiger partial charge in [-0.1, -0.05) is 12.1 Å². The van der Waals surface area contributed by atoms with Crippen molar-refractivity contribution < 1.29 is 32.6 Å². The number of benzene rings is 3. The molecular formula is C21H11F3N2O4. The van der Waals surface area contributed by atoms with E-state index in [0.717, 1.165) is 12.1 Å². The van der Waals surface area contributed by atoms with Crippen LogP contribution in [0.15, 0.2) is 48.5 Å². The number of hydrogen-bond acceptors (Lipinski definition) is 4. The molecular weight excluding hydrogens is 401 g/mol. The van der Waals surface area contributed by atoms with E-state index in [9.17, 15) is 27.9 Å². The minimum absolute atomic E-state index is 0.0111. The number of carbonyl (C=O) groups excluding carboxylic acids is 2. The highest BCUT2D eigenvalue weighted by molar-refractivity contribution is 6.32. The van der Waals surface area contributed by atoms with Crippen LogP contribution in [0.1, 0.15) is 20.7 Å². The minimum Gasteiger partial charge on any atom is -0.508 e. The van der Waals surface area contributed by atoms with Crippen LogP contribution < -0.4 is 10.1 Å². The van der Waals surface area contributed by atoms with Crippen LogP contribution in [0.5, 0.6) is 11.5 Å². The molecule has 0 aliphatic carbocycles. The number of ether oxygens (including phenoxy) is 1. The lowest BCUT2D eigenvalue weighted by molar-refractivity contribution is -0.274. The molecule has 30 heavy (non-hydrogen) atoms. The van der Waals surface area contributed by atoms with Gasteiger partial charge in [-0.05, 0) is 47.5 Å². The monoisotopic (exact) mass is 412 g/mol. The summed E-state index contributed by atoms with van der Waals surface area (Å²) in [5.74, 6) is -1.72. The highest BCUT2D eigenvalue weighted by Crippen LogP contribution is 2.40. The summed E-state index contributed by atoms with van der Waals surface area (Å²) in [6, 6.07) is 11.4. The molecule has 4 aromatic rings. The van der Waals surface area contributed by atoms with E-state index in [2.05, 4.69) is 15.0 Å². The second-order valence-electron chi connectivity index (χ2n) is 6.81. The first-order chi connectivity index (χ1) is 14.2.